The van der Waals surface area contributed by atoms with Gasteiger partial charge in [0.25, 0.3) is 0 Å². The summed E-state index contributed by atoms with van der Waals surface area (Å²) in [6, 6.07) is 6.32. The number of aldehydes is 1. The Kier molecular flexibility index (Phi) is 3.48. The molecule has 0 radical (unpaired) electrons. The van der Waals surface area contributed by atoms with E-state index in [0.29, 0.717) is 6.42 Å². The molecule has 0 aliphatic rings. The number of fused-ring (bicyclic) bond motifs is 1. The molecule has 2 rings (SSSR count). The summed E-state index contributed by atoms with van der Waals surface area (Å²) in [4.78, 5) is 15.4. The lowest BCUT2D eigenvalue weighted by atomic mass is 9.96. The number of rotatable bonds is 3. The zero-order valence-corrected chi connectivity index (χ0v) is 12.4. The second-order valence-electron chi connectivity index (χ2n) is 6.30. The predicted molar refractivity (Wildman–Crippen MR) is 78.5 cm³/mol. The van der Waals surface area contributed by atoms with Gasteiger partial charge in [-0.05, 0) is 23.6 Å². The lowest BCUT2D eigenvalue weighted by Crippen LogP contribution is -2.17. The van der Waals surface area contributed by atoms with Gasteiger partial charge in [-0.1, -0.05) is 33.8 Å². The summed E-state index contributed by atoms with van der Waals surface area (Å²) in [5.41, 5.74) is 3.37. The Hall–Kier alpha value is -1.64. The summed E-state index contributed by atoms with van der Waals surface area (Å²) in [7, 11) is 2.06. The Morgan fingerprint density at radius 3 is 2.63 bits per heavy atom. The zero-order valence-electron chi connectivity index (χ0n) is 12.4. The zero-order chi connectivity index (χ0) is 14.2. The fourth-order valence-electron chi connectivity index (χ4n) is 2.47. The Bertz CT molecular complexity index is 605. The van der Waals surface area contributed by atoms with Gasteiger partial charge in [-0.25, -0.2) is 4.98 Å². The smallest absolute Gasteiger partial charge is 0.120 e. The van der Waals surface area contributed by atoms with Gasteiger partial charge in [0.2, 0.25) is 0 Å². The molecule has 0 fully saturated rings. The molecule has 0 aliphatic carbocycles. The largest absolute Gasteiger partial charge is 0.331 e. The molecule has 0 spiro atoms. The van der Waals surface area contributed by atoms with Crippen LogP contribution in [-0.4, -0.2) is 15.8 Å². The molecular formula is C16H22N2O. The molecule has 1 aromatic heterocycles. The lowest BCUT2D eigenvalue weighted by molar-refractivity contribution is -0.108. The first kappa shape index (κ1) is 13.8. The van der Waals surface area contributed by atoms with Gasteiger partial charge in [0.1, 0.15) is 12.1 Å². The normalized spacial score (nSPS) is 13.7. The molecule has 0 saturated heterocycles. The van der Waals surface area contributed by atoms with Crippen LogP contribution in [-0.2, 0) is 17.3 Å². The van der Waals surface area contributed by atoms with Gasteiger partial charge in [-0.2, -0.15) is 0 Å². The number of aromatic nitrogens is 2. The van der Waals surface area contributed by atoms with E-state index in [2.05, 4.69) is 57.5 Å². The van der Waals surface area contributed by atoms with Crippen molar-refractivity contribution in [3.05, 3.63) is 29.6 Å². The van der Waals surface area contributed by atoms with Crippen molar-refractivity contribution in [1.29, 1.82) is 0 Å². The molecule has 1 unspecified atom stereocenters. The van der Waals surface area contributed by atoms with E-state index in [1.807, 2.05) is 0 Å². The molecule has 102 valence electrons. The van der Waals surface area contributed by atoms with Crippen LogP contribution in [0.1, 0.15) is 51.4 Å². The predicted octanol–water partition coefficient (Wildman–Crippen LogP) is 3.56. The van der Waals surface area contributed by atoms with Crippen LogP contribution in [0.25, 0.3) is 11.0 Å². The number of nitrogens with zero attached hydrogens (tertiary/aromatic N) is 2. The average Bonchev–Trinajstić information content (AvgIpc) is 2.66. The third-order valence-electron chi connectivity index (χ3n) is 3.59. The summed E-state index contributed by atoms with van der Waals surface area (Å²) in [6.07, 6.45) is 1.54. The molecule has 2 aromatic rings. The van der Waals surface area contributed by atoms with Crippen molar-refractivity contribution in [2.75, 3.05) is 0 Å². The SMILES string of the molecule is CC(CC=O)c1ccc2c(c1)nc(C(C)(C)C)n2C. The van der Waals surface area contributed by atoms with Gasteiger partial charge < -0.3 is 9.36 Å². The third kappa shape index (κ3) is 2.55. The number of carbonyl (C=O) groups excluding carboxylic acids is 1. The monoisotopic (exact) mass is 258 g/mol. The Balaban J connectivity index is 2.53. The Morgan fingerprint density at radius 2 is 2.05 bits per heavy atom. The first-order valence-electron chi connectivity index (χ1n) is 6.75. The van der Waals surface area contributed by atoms with E-state index in [1.54, 1.807) is 0 Å². The van der Waals surface area contributed by atoms with Crippen LogP contribution in [0, 0.1) is 0 Å². The van der Waals surface area contributed by atoms with Gasteiger partial charge >= 0.3 is 0 Å². The number of carbonyl (C=O) groups is 1. The van der Waals surface area contributed by atoms with Gasteiger partial charge in [0, 0.05) is 18.9 Å². The minimum atomic E-state index is 0.0301. The van der Waals surface area contributed by atoms with E-state index in [1.165, 1.54) is 5.56 Å². The second kappa shape index (κ2) is 4.80. The number of hydrogen-bond acceptors (Lipinski definition) is 2. The van der Waals surface area contributed by atoms with Crippen molar-refractivity contribution in [3.63, 3.8) is 0 Å². The number of hydrogen-bond donors (Lipinski definition) is 0. The van der Waals surface area contributed by atoms with Crippen molar-refractivity contribution in [3.8, 4) is 0 Å². The van der Waals surface area contributed by atoms with Crippen LogP contribution in [0.4, 0.5) is 0 Å². The van der Waals surface area contributed by atoms with Crippen molar-refractivity contribution in [1.82, 2.24) is 9.55 Å². The van der Waals surface area contributed by atoms with E-state index in [9.17, 15) is 4.79 Å². The van der Waals surface area contributed by atoms with Crippen LogP contribution in [0.3, 0.4) is 0 Å². The number of aryl methyl sites for hydroxylation is 1. The van der Waals surface area contributed by atoms with Crippen molar-refractivity contribution < 1.29 is 4.79 Å². The van der Waals surface area contributed by atoms with Crippen molar-refractivity contribution in [2.24, 2.45) is 7.05 Å². The van der Waals surface area contributed by atoms with E-state index in [0.717, 1.165) is 23.1 Å². The number of imidazole rings is 1. The third-order valence-corrected chi connectivity index (χ3v) is 3.59. The van der Waals surface area contributed by atoms with Crippen molar-refractivity contribution in [2.45, 2.75) is 45.4 Å². The summed E-state index contributed by atoms with van der Waals surface area (Å²) in [6.45, 7) is 8.58. The molecule has 1 aromatic carbocycles. The highest BCUT2D eigenvalue weighted by Gasteiger charge is 2.21. The topological polar surface area (TPSA) is 34.9 Å². The van der Waals surface area contributed by atoms with Crippen LogP contribution >= 0.6 is 0 Å². The molecule has 1 atom stereocenters. The van der Waals surface area contributed by atoms with Gasteiger partial charge in [-0.15, -0.1) is 0 Å². The van der Waals surface area contributed by atoms with E-state index < -0.39 is 0 Å². The maximum absolute atomic E-state index is 10.6. The van der Waals surface area contributed by atoms with E-state index >= 15 is 0 Å². The van der Waals surface area contributed by atoms with Crippen LogP contribution in [0.15, 0.2) is 18.2 Å². The maximum atomic E-state index is 10.6. The fraction of sp³-hybridized carbons (Fsp3) is 0.500. The van der Waals surface area contributed by atoms with Crippen molar-refractivity contribution >= 4 is 17.3 Å². The van der Waals surface area contributed by atoms with Gasteiger partial charge in [-0.3, -0.25) is 0 Å². The first-order chi connectivity index (χ1) is 8.84. The minimum absolute atomic E-state index is 0.0301. The van der Waals surface area contributed by atoms with E-state index in [-0.39, 0.29) is 11.3 Å². The molecule has 19 heavy (non-hydrogen) atoms. The quantitative estimate of drug-likeness (QED) is 0.789. The molecule has 3 heteroatoms. The van der Waals surface area contributed by atoms with E-state index in [4.69, 9.17) is 4.98 Å². The second-order valence-corrected chi connectivity index (χ2v) is 6.30. The van der Waals surface area contributed by atoms with Gasteiger partial charge in [0.05, 0.1) is 11.0 Å². The van der Waals surface area contributed by atoms with Gasteiger partial charge in [0.15, 0.2) is 0 Å². The highest BCUT2D eigenvalue weighted by molar-refractivity contribution is 5.77. The minimum Gasteiger partial charge on any atom is -0.331 e. The molecule has 0 bridgehead atoms. The summed E-state index contributed by atoms with van der Waals surface area (Å²) >= 11 is 0. The molecule has 0 N–H and O–H groups in total. The molecule has 1 heterocycles. The molecule has 0 aliphatic heterocycles. The summed E-state index contributed by atoms with van der Waals surface area (Å²) in [5.74, 6) is 1.34. The van der Waals surface area contributed by atoms with Crippen LogP contribution < -0.4 is 0 Å². The number of benzene rings is 1. The Morgan fingerprint density at radius 1 is 1.37 bits per heavy atom. The molecule has 3 nitrogen and oxygen atoms in total. The molecule has 0 saturated carbocycles. The highest BCUT2D eigenvalue weighted by Crippen LogP contribution is 2.28. The van der Waals surface area contributed by atoms with Crippen LogP contribution in [0.5, 0.6) is 0 Å². The molecular weight excluding hydrogens is 236 g/mol. The average molecular weight is 258 g/mol. The summed E-state index contributed by atoms with van der Waals surface area (Å²) in [5, 5.41) is 0. The molecule has 0 amide bonds. The highest BCUT2D eigenvalue weighted by atomic mass is 16.1. The standard InChI is InChI=1S/C16H22N2O/c1-11(8-9-19)12-6-7-14-13(10-12)17-15(18(14)5)16(2,3)4/h6-7,9-11H,8H2,1-5H3. The summed E-state index contributed by atoms with van der Waals surface area (Å²) < 4.78 is 2.16. The fourth-order valence-corrected chi connectivity index (χ4v) is 2.47. The Labute approximate surface area is 114 Å². The van der Waals surface area contributed by atoms with Crippen LogP contribution in [0.2, 0.25) is 0 Å². The lowest BCUT2D eigenvalue weighted by Gasteiger charge is -2.17. The first-order valence-corrected chi connectivity index (χ1v) is 6.75. The maximum Gasteiger partial charge on any atom is 0.120 e.